The van der Waals surface area contributed by atoms with Crippen LogP contribution in [0.5, 0.6) is 35.3 Å². The molecule has 4 rings (SSSR count). The molecule has 0 aliphatic heterocycles. The third-order valence-corrected chi connectivity index (χ3v) is 7.09. The maximum atomic E-state index is 11.1. The zero-order valence-electron chi connectivity index (χ0n) is 21.9. The van der Waals surface area contributed by atoms with Gasteiger partial charge >= 0.3 is 107 Å². The van der Waals surface area contributed by atoms with E-state index in [4.69, 9.17) is 14.2 Å². The summed E-state index contributed by atoms with van der Waals surface area (Å²) in [7, 11) is -14.1. The van der Waals surface area contributed by atoms with E-state index >= 15 is 0 Å². The summed E-state index contributed by atoms with van der Waals surface area (Å²) in [5, 5.41) is 0. The first-order valence-electron chi connectivity index (χ1n) is 10.1. The number of rotatable bonds is 9. The van der Waals surface area contributed by atoms with Crippen molar-refractivity contribution in [2.75, 3.05) is 0 Å². The normalized spacial score (nSPS) is 11.2. The summed E-state index contributed by atoms with van der Waals surface area (Å²) < 4.78 is 117. The number of benzene rings is 3. The molecule has 21 heteroatoms. The summed E-state index contributed by atoms with van der Waals surface area (Å²) in [4.78, 5) is 10.3. The van der Waals surface area contributed by atoms with Gasteiger partial charge < -0.3 is 27.9 Å². The largest absolute Gasteiger partial charge is 1.00 e. The summed E-state index contributed by atoms with van der Waals surface area (Å²) in [5.41, 5.74) is 0. The minimum absolute atomic E-state index is 0. The third kappa shape index (κ3) is 11.1. The molecular formula is C21H12N3Na3O12S3. The Balaban J connectivity index is 0.00000294. The van der Waals surface area contributed by atoms with E-state index in [-0.39, 0.29) is 106 Å². The molecule has 0 amide bonds. The fourth-order valence-electron chi connectivity index (χ4n) is 2.80. The summed E-state index contributed by atoms with van der Waals surface area (Å²) in [6.45, 7) is 0. The van der Waals surface area contributed by atoms with Gasteiger partial charge in [0.1, 0.15) is 47.6 Å². The predicted molar refractivity (Wildman–Crippen MR) is 123 cm³/mol. The van der Waals surface area contributed by atoms with E-state index in [9.17, 15) is 38.9 Å². The second-order valence-corrected chi connectivity index (χ2v) is 11.4. The van der Waals surface area contributed by atoms with E-state index in [0.717, 1.165) is 72.8 Å². The van der Waals surface area contributed by atoms with Crippen LogP contribution in [-0.4, -0.2) is 53.9 Å². The minimum Gasteiger partial charge on any atom is -0.744 e. The number of hydrogen-bond acceptors (Lipinski definition) is 15. The van der Waals surface area contributed by atoms with Gasteiger partial charge in [0, 0.05) is 0 Å². The molecule has 0 spiro atoms. The van der Waals surface area contributed by atoms with Gasteiger partial charge in [-0.25, -0.2) is 25.3 Å². The molecule has 0 saturated heterocycles. The Bertz CT molecular complexity index is 1610. The van der Waals surface area contributed by atoms with Crippen molar-refractivity contribution in [3.05, 3.63) is 72.8 Å². The van der Waals surface area contributed by atoms with Crippen molar-refractivity contribution in [1.29, 1.82) is 0 Å². The molecule has 0 unspecified atom stereocenters. The zero-order chi connectivity index (χ0) is 28.4. The van der Waals surface area contributed by atoms with Crippen molar-refractivity contribution in [3.8, 4) is 35.3 Å². The SMILES string of the molecule is O=S(=O)([O-])c1ccc(Oc2nc(Oc3ccc(S(=O)(=O)[O-])cc3)nc(Oc3ccc(S(=O)(=O)[O-])cc3)n2)cc1.[Na+].[Na+].[Na+]. The van der Waals surface area contributed by atoms with Gasteiger partial charge in [-0.2, -0.15) is 0 Å². The Morgan fingerprint density at radius 3 is 0.762 bits per heavy atom. The van der Waals surface area contributed by atoms with Crippen LogP contribution < -0.4 is 103 Å². The van der Waals surface area contributed by atoms with Crippen LogP contribution in [0.2, 0.25) is 0 Å². The molecule has 42 heavy (non-hydrogen) atoms. The summed E-state index contributed by atoms with van der Waals surface area (Å²) in [5.74, 6) is 0.00142. The molecule has 15 nitrogen and oxygen atoms in total. The number of hydrogen-bond donors (Lipinski definition) is 0. The number of ether oxygens (including phenoxy) is 3. The second kappa shape index (κ2) is 15.7. The van der Waals surface area contributed by atoms with Gasteiger partial charge in [-0.05, 0) is 72.8 Å². The first-order valence-corrected chi connectivity index (χ1v) is 14.4. The summed E-state index contributed by atoms with van der Waals surface area (Å²) in [6, 6.07) is 11.5. The molecule has 0 bridgehead atoms. The van der Waals surface area contributed by atoms with Gasteiger partial charge in [0.2, 0.25) is 0 Å². The average molecular weight is 664 g/mol. The van der Waals surface area contributed by atoms with Gasteiger partial charge in [-0.3, -0.25) is 0 Å². The van der Waals surface area contributed by atoms with Crippen LogP contribution in [0.15, 0.2) is 87.5 Å². The van der Waals surface area contributed by atoms with E-state index < -0.39 is 63.1 Å². The summed E-state index contributed by atoms with van der Waals surface area (Å²) in [6.07, 6.45) is 0. The Morgan fingerprint density at radius 1 is 0.405 bits per heavy atom. The quantitative estimate of drug-likeness (QED) is 0.119. The maximum Gasteiger partial charge on any atom is 1.00 e. The van der Waals surface area contributed by atoms with Crippen molar-refractivity contribution in [1.82, 2.24) is 15.0 Å². The fourth-order valence-corrected chi connectivity index (χ4v) is 4.20. The van der Waals surface area contributed by atoms with Crippen LogP contribution in [0.1, 0.15) is 0 Å². The molecule has 0 aliphatic rings. The van der Waals surface area contributed by atoms with Crippen LogP contribution in [0.4, 0.5) is 0 Å². The van der Waals surface area contributed by atoms with E-state index in [2.05, 4.69) is 15.0 Å². The van der Waals surface area contributed by atoms with E-state index in [1.807, 2.05) is 0 Å². The molecule has 4 aromatic rings. The van der Waals surface area contributed by atoms with Crippen LogP contribution in [0.3, 0.4) is 0 Å². The molecule has 1 heterocycles. The fraction of sp³-hybridized carbons (Fsp3) is 0. The molecule has 0 aliphatic carbocycles. The molecule has 0 atom stereocenters. The molecule has 1 aromatic heterocycles. The number of nitrogens with zero attached hydrogens (tertiary/aromatic N) is 3. The second-order valence-electron chi connectivity index (χ2n) is 7.27. The Morgan fingerprint density at radius 2 is 0.595 bits per heavy atom. The maximum absolute atomic E-state index is 11.1. The minimum atomic E-state index is -4.70. The molecule has 204 valence electrons. The van der Waals surface area contributed by atoms with Gasteiger partial charge in [0.25, 0.3) is 0 Å². The van der Waals surface area contributed by atoms with E-state index in [1.165, 1.54) is 0 Å². The van der Waals surface area contributed by atoms with Gasteiger partial charge in [0.15, 0.2) is 0 Å². The van der Waals surface area contributed by atoms with Gasteiger partial charge in [-0.1, -0.05) is 0 Å². The Kier molecular flexibility index (Phi) is 14.5. The number of aromatic nitrogens is 3. The van der Waals surface area contributed by atoms with Crippen LogP contribution in [0, 0.1) is 0 Å². The van der Waals surface area contributed by atoms with E-state index in [0.29, 0.717) is 0 Å². The van der Waals surface area contributed by atoms with Crippen molar-refractivity contribution >= 4 is 30.4 Å². The summed E-state index contributed by atoms with van der Waals surface area (Å²) >= 11 is 0. The predicted octanol–water partition coefficient (Wildman–Crippen LogP) is -7.03. The van der Waals surface area contributed by atoms with Crippen molar-refractivity contribution in [3.63, 3.8) is 0 Å². The van der Waals surface area contributed by atoms with E-state index in [1.54, 1.807) is 0 Å². The van der Waals surface area contributed by atoms with Crippen molar-refractivity contribution in [2.45, 2.75) is 14.7 Å². The average Bonchev–Trinajstić information content (AvgIpc) is 2.83. The van der Waals surface area contributed by atoms with Crippen molar-refractivity contribution < 1.29 is 142 Å². The molecule has 0 saturated carbocycles. The molecule has 0 radical (unpaired) electrons. The Labute approximate surface area is 306 Å². The standard InChI is InChI=1S/C21H15N3O12S3.3Na/c25-37(26,27)16-7-1-13(2-8-16)34-19-22-20(35-14-3-9-17(10-4-14)38(28,29)30)24-21(23-19)36-15-5-11-18(12-6-15)39(31,32)33;;;/h1-12H,(H,25,26,27)(H,28,29,30)(H,31,32,33);;;/q;3*+1/p-3. The van der Waals surface area contributed by atoms with Gasteiger partial charge in [0.05, 0.1) is 14.7 Å². The monoisotopic (exact) mass is 663 g/mol. The van der Waals surface area contributed by atoms with Crippen LogP contribution in [0.25, 0.3) is 0 Å². The first kappa shape index (κ1) is 38.8. The third-order valence-electron chi connectivity index (χ3n) is 4.54. The topological polar surface area (TPSA) is 238 Å². The molecule has 0 N–H and O–H groups in total. The molecule has 0 fully saturated rings. The molecule has 3 aromatic carbocycles. The zero-order valence-corrected chi connectivity index (χ0v) is 30.3. The van der Waals surface area contributed by atoms with Crippen molar-refractivity contribution in [2.24, 2.45) is 0 Å². The Hall–Kier alpha value is -1.20. The van der Waals surface area contributed by atoms with Gasteiger partial charge in [-0.15, -0.1) is 15.0 Å². The van der Waals surface area contributed by atoms with Crippen LogP contribution >= 0.6 is 0 Å². The smallest absolute Gasteiger partial charge is 0.744 e. The molecular weight excluding hydrogens is 651 g/mol. The van der Waals surface area contributed by atoms with Crippen LogP contribution in [-0.2, 0) is 30.4 Å². The first-order chi connectivity index (χ1) is 18.2.